The Morgan fingerprint density at radius 3 is 2.00 bits per heavy atom. The van der Waals surface area contributed by atoms with Gasteiger partial charge in [0.1, 0.15) is 10.1 Å². The zero-order chi connectivity index (χ0) is 14.3. The molecule has 0 amide bonds. The lowest BCUT2D eigenvalue weighted by Crippen LogP contribution is -2.86. The Balaban J connectivity index is 0.000000200. The van der Waals surface area contributed by atoms with Crippen LogP contribution in [0.2, 0.25) is 0 Å². The summed E-state index contributed by atoms with van der Waals surface area (Å²) in [5, 5.41) is 2.36. The maximum absolute atomic E-state index is 10.4. The van der Waals surface area contributed by atoms with Gasteiger partial charge in [0, 0.05) is 0 Å². The summed E-state index contributed by atoms with van der Waals surface area (Å²) in [5.74, 6) is 0. The molecule has 1 aromatic rings. The van der Waals surface area contributed by atoms with Crippen LogP contribution in [-0.2, 0) is 10.1 Å². The van der Waals surface area contributed by atoms with E-state index in [-0.39, 0.29) is 4.90 Å². The number of quaternary nitrogens is 1. The predicted octanol–water partition coefficient (Wildman–Crippen LogP) is 1.41. The zero-order valence-corrected chi connectivity index (χ0v) is 12.4. The van der Waals surface area contributed by atoms with Gasteiger partial charge in [-0.1, -0.05) is 24.1 Å². The van der Waals surface area contributed by atoms with Gasteiger partial charge in [-0.2, -0.15) is 0 Å². The highest BCUT2D eigenvalue weighted by Crippen LogP contribution is 2.14. The van der Waals surface area contributed by atoms with E-state index in [0.717, 1.165) is 11.6 Å². The second kappa shape index (κ2) is 7.62. The minimum Gasteiger partial charge on any atom is -0.744 e. The van der Waals surface area contributed by atoms with Crippen LogP contribution in [0.15, 0.2) is 29.2 Å². The van der Waals surface area contributed by atoms with E-state index < -0.39 is 10.1 Å². The van der Waals surface area contributed by atoms with Gasteiger partial charge >= 0.3 is 0 Å². The van der Waals surface area contributed by atoms with E-state index in [2.05, 4.69) is 12.4 Å². The number of rotatable bonds is 2. The lowest BCUT2D eigenvalue weighted by atomic mass is 9.96. The van der Waals surface area contributed by atoms with E-state index in [9.17, 15) is 13.0 Å². The minimum absolute atomic E-state index is 0.178. The Labute approximate surface area is 116 Å². The molecule has 5 heteroatoms. The molecule has 0 unspecified atom stereocenters. The van der Waals surface area contributed by atoms with E-state index in [1.54, 1.807) is 12.1 Å². The number of hydrogen-bond acceptors (Lipinski definition) is 3. The fraction of sp³-hybridized carbons (Fsp3) is 0.571. The second-order valence-corrected chi connectivity index (χ2v) is 6.38. The van der Waals surface area contributed by atoms with Crippen LogP contribution in [0.3, 0.4) is 0 Å². The summed E-state index contributed by atoms with van der Waals surface area (Å²) in [5.41, 5.74) is 0.928. The standard InChI is InChI=1S/C7H15N.C7H8O3S/c1-8-7-5-3-2-4-6-7;1-6-2-4-7(5-3-6)11(8,9)10/h7-8H,2-6H2,1H3;2-5H,1H3,(H,8,9,10). The van der Waals surface area contributed by atoms with E-state index in [4.69, 9.17) is 0 Å². The molecule has 2 N–H and O–H groups in total. The Hall–Kier alpha value is -0.910. The quantitative estimate of drug-likeness (QED) is 0.835. The van der Waals surface area contributed by atoms with Crippen molar-refractivity contribution in [2.45, 2.75) is 50.0 Å². The molecule has 0 radical (unpaired) electrons. The van der Waals surface area contributed by atoms with Crippen molar-refractivity contribution in [2.75, 3.05) is 7.05 Å². The highest BCUT2D eigenvalue weighted by molar-refractivity contribution is 7.85. The van der Waals surface area contributed by atoms with Crippen molar-refractivity contribution < 1.29 is 18.3 Å². The van der Waals surface area contributed by atoms with Crippen molar-refractivity contribution >= 4 is 10.1 Å². The van der Waals surface area contributed by atoms with Crippen LogP contribution in [0.1, 0.15) is 37.7 Å². The first-order chi connectivity index (χ1) is 8.93. The molecule has 0 atom stereocenters. The average molecular weight is 285 g/mol. The summed E-state index contributed by atoms with van der Waals surface area (Å²) in [6.07, 6.45) is 7.32. The number of aryl methyl sites for hydroxylation is 1. The molecule has 4 nitrogen and oxygen atoms in total. The van der Waals surface area contributed by atoms with E-state index in [1.807, 2.05) is 6.92 Å². The van der Waals surface area contributed by atoms with Gasteiger partial charge in [-0.15, -0.1) is 0 Å². The molecule has 2 rings (SSSR count). The topological polar surface area (TPSA) is 73.8 Å². The van der Waals surface area contributed by atoms with Crippen LogP contribution in [0.5, 0.6) is 0 Å². The van der Waals surface area contributed by atoms with Crippen molar-refractivity contribution in [3.63, 3.8) is 0 Å². The number of benzene rings is 1. The van der Waals surface area contributed by atoms with E-state index in [1.165, 1.54) is 44.2 Å². The molecule has 0 heterocycles. The first-order valence-corrected chi connectivity index (χ1v) is 8.16. The van der Waals surface area contributed by atoms with Crippen molar-refractivity contribution in [3.8, 4) is 0 Å². The smallest absolute Gasteiger partial charge is 0.124 e. The zero-order valence-electron chi connectivity index (χ0n) is 11.6. The fourth-order valence-electron chi connectivity index (χ4n) is 2.17. The van der Waals surface area contributed by atoms with Crippen molar-refractivity contribution in [1.29, 1.82) is 0 Å². The van der Waals surface area contributed by atoms with Crippen molar-refractivity contribution in [1.82, 2.24) is 0 Å². The molecule has 108 valence electrons. The monoisotopic (exact) mass is 285 g/mol. The SMILES string of the molecule is C[NH2+]C1CCCCC1.Cc1ccc(S(=O)(=O)[O-])cc1. The summed E-state index contributed by atoms with van der Waals surface area (Å²) in [6, 6.07) is 6.74. The summed E-state index contributed by atoms with van der Waals surface area (Å²) in [4.78, 5) is -0.178. The minimum atomic E-state index is -4.27. The van der Waals surface area contributed by atoms with Gasteiger partial charge in [-0.3, -0.25) is 0 Å². The molecule has 19 heavy (non-hydrogen) atoms. The number of nitrogens with two attached hydrogens (primary N) is 1. The van der Waals surface area contributed by atoms with Crippen molar-refractivity contribution in [3.05, 3.63) is 29.8 Å². The van der Waals surface area contributed by atoms with Gasteiger partial charge in [-0.05, 0) is 44.7 Å². The average Bonchev–Trinajstić information content (AvgIpc) is 2.40. The molecule has 0 spiro atoms. The van der Waals surface area contributed by atoms with E-state index >= 15 is 0 Å². The summed E-state index contributed by atoms with van der Waals surface area (Å²) in [6.45, 7) is 1.82. The Bertz CT molecular complexity index is 462. The highest BCUT2D eigenvalue weighted by atomic mass is 32.2. The first-order valence-electron chi connectivity index (χ1n) is 6.75. The molecule has 0 aromatic heterocycles. The molecular weight excluding hydrogens is 262 g/mol. The number of hydrogen-bond donors (Lipinski definition) is 1. The van der Waals surface area contributed by atoms with Crippen LogP contribution >= 0.6 is 0 Å². The van der Waals surface area contributed by atoms with Gasteiger partial charge in [-0.25, -0.2) is 8.42 Å². The normalized spacial score (nSPS) is 16.6. The predicted molar refractivity (Wildman–Crippen MR) is 73.9 cm³/mol. The van der Waals surface area contributed by atoms with Gasteiger partial charge in [0.05, 0.1) is 18.0 Å². The molecule has 1 aromatic carbocycles. The molecular formula is C14H23NO3S. The summed E-state index contributed by atoms with van der Waals surface area (Å²) in [7, 11) is -2.08. The molecule has 0 saturated heterocycles. The van der Waals surface area contributed by atoms with Crippen molar-refractivity contribution in [2.24, 2.45) is 0 Å². The fourth-order valence-corrected chi connectivity index (χ4v) is 2.64. The lowest BCUT2D eigenvalue weighted by Gasteiger charge is -2.17. The lowest BCUT2D eigenvalue weighted by molar-refractivity contribution is -0.666. The summed E-state index contributed by atoms with van der Waals surface area (Å²) >= 11 is 0. The third-order valence-electron chi connectivity index (χ3n) is 3.43. The van der Waals surface area contributed by atoms with Gasteiger partial charge in [0.2, 0.25) is 0 Å². The molecule has 1 aliphatic rings. The Morgan fingerprint density at radius 1 is 1.11 bits per heavy atom. The van der Waals surface area contributed by atoms with Crippen LogP contribution in [-0.4, -0.2) is 26.1 Å². The van der Waals surface area contributed by atoms with E-state index in [0.29, 0.717) is 0 Å². The third kappa shape index (κ3) is 6.18. The second-order valence-electron chi connectivity index (χ2n) is 5.00. The van der Waals surface area contributed by atoms with Crippen LogP contribution in [0, 0.1) is 6.92 Å². The van der Waals surface area contributed by atoms with Crippen LogP contribution in [0.4, 0.5) is 0 Å². The van der Waals surface area contributed by atoms with Gasteiger partial charge < -0.3 is 9.87 Å². The maximum atomic E-state index is 10.4. The largest absolute Gasteiger partial charge is 0.744 e. The first kappa shape index (κ1) is 16.1. The highest BCUT2D eigenvalue weighted by Gasteiger charge is 2.12. The molecule has 1 fully saturated rings. The molecule has 1 aliphatic carbocycles. The Morgan fingerprint density at radius 2 is 1.63 bits per heavy atom. The molecule has 0 aliphatic heterocycles. The van der Waals surface area contributed by atoms with Gasteiger partial charge in [0.15, 0.2) is 0 Å². The van der Waals surface area contributed by atoms with Crippen LogP contribution in [0.25, 0.3) is 0 Å². The van der Waals surface area contributed by atoms with Gasteiger partial charge in [0.25, 0.3) is 0 Å². The third-order valence-corrected chi connectivity index (χ3v) is 4.28. The molecule has 0 bridgehead atoms. The Kier molecular flexibility index (Phi) is 6.48. The maximum Gasteiger partial charge on any atom is 0.124 e. The summed E-state index contributed by atoms with van der Waals surface area (Å²) < 4.78 is 31.2. The molecule has 1 saturated carbocycles. The van der Waals surface area contributed by atoms with Crippen LogP contribution < -0.4 is 5.32 Å².